The molecule has 0 aliphatic carbocycles. The second-order valence-electron chi connectivity index (χ2n) is 5.23. The van der Waals surface area contributed by atoms with Gasteiger partial charge in [0.25, 0.3) is 5.91 Å². The second-order valence-corrected chi connectivity index (χ2v) is 5.64. The second kappa shape index (κ2) is 7.65. The highest BCUT2D eigenvalue weighted by Crippen LogP contribution is 2.23. The zero-order chi connectivity index (χ0) is 16.8. The summed E-state index contributed by atoms with van der Waals surface area (Å²) in [6.07, 6.45) is 0. The molecule has 0 aliphatic heterocycles. The highest BCUT2D eigenvalue weighted by Gasteiger charge is 2.14. The third kappa shape index (κ3) is 4.72. The predicted octanol–water partition coefficient (Wildman–Crippen LogP) is 4.12. The Labute approximate surface area is 140 Å². The van der Waals surface area contributed by atoms with Gasteiger partial charge in [-0.3, -0.25) is 4.79 Å². The molecule has 0 heterocycles. The molecule has 0 aliphatic rings. The molecule has 0 saturated heterocycles. The van der Waals surface area contributed by atoms with Gasteiger partial charge in [0.15, 0.2) is 0 Å². The summed E-state index contributed by atoms with van der Waals surface area (Å²) in [5, 5.41) is 8.58. The van der Waals surface area contributed by atoms with Crippen molar-refractivity contribution in [3.05, 3.63) is 59.1 Å². The number of urea groups is 1. The van der Waals surface area contributed by atoms with Crippen molar-refractivity contribution in [2.45, 2.75) is 19.9 Å². The monoisotopic (exact) mass is 331 g/mol. The molecule has 0 saturated carbocycles. The third-order valence-electron chi connectivity index (χ3n) is 2.96. The fourth-order valence-electron chi connectivity index (χ4n) is 1.96. The van der Waals surface area contributed by atoms with Crippen molar-refractivity contribution in [1.82, 2.24) is 5.32 Å². The van der Waals surface area contributed by atoms with Gasteiger partial charge in [-0.2, -0.15) is 0 Å². The number of para-hydroxylation sites is 2. The maximum absolute atomic E-state index is 12.4. The Morgan fingerprint density at radius 3 is 2.17 bits per heavy atom. The van der Waals surface area contributed by atoms with Gasteiger partial charge < -0.3 is 16.0 Å². The van der Waals surface area contributed by atoms with Crippen LogP contribution in [-0.2, 0) is 0 Å². The lowest BCUT2D eigenvalue weighted by Crippen LogP contribution is -2.34. The Balaban J connectivity index is 2.18. The van der Waals surface area contributed by atoms with Gasteiger partial charge in [-0.25, -0.2) is 4.79 Å². The Morgan fingerprint density at radius 2 is 1.52 bits per heavy atom. The van der Waals surface area contributed by atoms with Crippen LogP contribution in [0.1, 0.15) is 24.2 Å². The van der Waals surface area contributed by atoms with E-state index in [0.29, 0.717) is 22.0 Å². The van der Waals surface area contributed by atoms with Gasteiger partial charge in [0, 0.05) is 6.04 Å². The summed E-state index contributed by atoms with van der Waals surface area (Å²) in [7, 11) is 0. The lowest BCUT2D eigenvalue weighted by atomic mass is 10.1. The van der Waals surface area contributed by atoms with Gasteiger partial charge in [0.1, 0.15) is 0 Å². The molecule has 0 atom stereocenters. The standard InChI is InChI=1S/C17H18ClN3O2/c1-11(2)19-17(23)21-14-9-5-3-7-12(14)16(22)20-15-10-6-4-8-13(15)18/h3-11H,1-2H3,(H,20,22)(H2,19,21,23). The van der Waals surface area contributed by atoms with Crippen molar-refractivity contribution in [2.75, 3.05) is 10.6 Å². The molecule has 6 heteroatoms. The van der Waals surface area contributed by atoms with Crippen LogP contribution in [0.25, 0.3) is 0 Å². The van der Waals surface area contributed by atoms with Crippen LogP contribution in [0, 0.1) is 0 Å². The third-order valence-corrected chi connectivity index (χ3v) is 3.29. The molecule has 0 spiro atoms. The molecule has 2 rings (SSSR count). The number of carbonyl (C=O) groups excluding carboxylic acids is 2. The summed E-state index contributed by atoms with van der Waals surface area (Å²) in [5.74, 6) is -0.349. The number of hydrogen-bond donors (Lipinski definition) is 3. The van der Waals surface area contributed by atoms with Gasteiger partial charge in [0.2, 0.25) is 0 Å². The van der Waals surface area contributed by atoms with Crippen molar-refractivity contribution in [1.29, 1.82) is 0 Å². The minimum absolute atomic E-state index is 0.000820. The largest absolute Gasteiger partial charge is 0.336 e. The maximum atomic E-state index is 12.4. The van der Waals surface area contributed by atoms with E-state index in [9.17, 15) is 9.59 Å². The van der Waals surface area contributed by atoms with Crippen LogP contribution in [-0.4, -0.2) is 18.0 Å². The normalized spacial score (nSPS) is 10.3. The van der Waals surface area contributed by atoms with E-state index in [1.165, 1.54) is 0 Å². The number of anilines is 2. The Bertz CT molecular complexity index is 716. The number of amides is 3. The number of halogens is 1. The molecule has 3 N–H and O–H groups in total. The van der Waals surface area contributed by atoms with Crippen LogP contribution in [0.2, 0.25) is 5.02 Å². The van der Waals surface area contributed by atoms with Crippen LogP contribution in [0.4, 0.5) is 16.2 Å². The first kappa shape index (κ1) is 16.8. The van der Waals surface area contributed by atoms with E-state index in [-0.39, 0.29) is 18.0 Å². The van der Waals surface area contributed by atoms with E-state index in [0.717, 1.165) is 0 Å². The lowest BCUT2D eigenvalue weighted by Gasteiger charge is -2.14. The highest BCUT2D eigenvalue weighted by molar-refractivity contribution is 6.34. The molecule has 23 heavy (non-hydrogen) atoms. The van der Waals surface area contributed by atoms with Crippen LogP contribution in [0.3, 0.4) is 0 Å². The molecule has 2 aromatic rings. The number of rotatable bonds is 4. The molecule has 0 unspecified atom stereocenters. The number of benzene rings is 2. The molecule has 2 aromatic carbocycles. The van der Waals surface area contributed by atoms with Crippen molar-refractivity contribution >= 4 is 34.9 Å². The molecule has 0 aromatic heterocycles. The average molecular weight is 332 g/mol. The topological polar surface area (TPSA) is 70.2 Å². The van der Waals surface area contributed by atoms with Gasteiger partial charge >= 0.3 is 6.03 Å². The summed E-state index contributed by atoms with van der Waals surface area (Å²) >= 11 is 6.04. The maximum Gasteiger partial charge on any atom is 0.319 e. The first-order valence-electron chi connectivity index (χ1n) is 7.20. The Morgan fingerprint density at radius 1 is 0.913 bits per heavy atom. The summed E-state index contributed by atoms with van der Waals surface area (Å²) in [4.78, 5) is 24.3. The van der Waals surface area contributed by atoms with Crippen molar-refractivity contribution in [2.24, 2.45) is 0 Å². The van der Waals surface area contributed by atoms with E-state index in [1.807, 2.05) is 13.8 Å². The Hall–Kier alpha value is -2.53. The van der Waals surface area contributed by atoms with Crippen LogP contribution >= 0.6 is 11.6 Å². The first-order valence-corrected chi connectivity index (χ1v) is 7.57. The summed E-state index contributed by atoms with van der Waals surface area (Å²) in [5.41, 5.74) is 1.29. The summed E-state index contributed by atoms with van der Waals surface area (Å²) < 4.78 is 0. The molecule has 0 radical (unpaired) electrons. The average Bonchev–Trinajstić information content (AvgIpc) is 2.49. The summed E-state index contributed by atoms with van der Waals surface area (Å²) in [6.45, 7) is 3.71. The highest BCUT2D eigenvalue weighted by atomic mass is 35.5. The van der Waals surface area contributed by atoms with Gasteiger partial charge in [-0.15, -0.1) is 0 Å². The van der Waals surface area contributed by atoms with E-state index in [2.05, 4.69) is 16.0 Å². The van der Waals surface area contributed by atoms with Crippen molar-refractivity contribution < 1.29 is 9.59 Å². The number of nitrogens with one attached hydrogen (secondary N) is 3. The smallest absolute Gasteiger partial charge is 0.319 e. The van der Waals surface area contributed by atoms with Gasteiger partial charge in [-0.05, 0) is 38.1 Å². The molecule has 3 amide bonds. The Kier molecular flexibility index (Phi) is 5.60. The van der Waals surface area contributed by atoms with Crippen molar-refractivity contribution in [3.8, 4) is 0 Å². The zero-order valence-electron chi connectivity index (χ0n) is 12.9. The van der Waals surface area contributed by atoms with Crippen LogP contribution in [0.5, 0.6) is 0 Å². The van der Waals surface area contributed by atoms with Gasteiger partial charge in [-0.1, -0.05) is 35.9 Å². The zero-order valence-corrected chi connectivity index (χ0v) is 13.6. The summed E-state index contributed by atoms with van der Waals surface area (Å²) in [6, 6.07) is 13.4. The van der Waals surface area contributed by atoms with E-state index in [4.69, 9.17) is 11.6 Å². The van der Waals surface area contributed by atoms with Crippen LogP contribution in [0.15, 0.2) is 48.5 Å². The molecular formula is C17H18ClN3O2. The minimum atomic E-state index is -0.363. The quantitative estimate of drug-likeness (QED) is 0.788. The predicted molar refractivity (Wildman–Crippen MR) is 93.1 cm³/mol. The molecular weight excluding hydrogens is 314 g/mol. The van der Waals surface area contributed by atoms with E-state index < -0.39 is 0 Å². The minimum Gasteiger partial charge on any atom is -0.336 e. The molecule has 5 nitrogen and oxygen atoms in total. The molecule has 0 bridgehead atoms. The fourth-order valence-corrected chi connectivity index (χ4v) is 2.15. The molecule has 0 fully saturated rings. The molecule has 120 valence electrons. The number of hydrogen-bond acceptors (Lipinski definition) is 2. The SMILES string of the molecule is CC(C)NC(=O)Nc1ccccc1C(=O)Nc1ccccc1Cl. The number of carbonyl (C=O) groups is 2. The van der Waals surface area contributed by atoms with E-state index in [1.54, 1.807) is 48.5 Å². The van der Waals surface area contributed by atoms with Crippen molar-refractivity contribution in [3.63, 3.8) is 0 Å². The van der Waals surface area contributed by atoms with Gasteiger partial charge in [0.05, 0.1) is 22.0 Å². The van der Waals surface area contributed by atoms with E-state index >= 15 is 0 Å². The fraction of sp³-hybridized carbons (Fsp3) is 0.176. The lowest BCUT2D eigenvalue weighted by molar-refractivity contribution is 0.102. The van der Waals surface area contributed by atoms with Crippen LogP contribution < -0.4 is 16.0 Å². The first-order chi connectivity index (χ1) is 11.0.